The van der Waals surface area contributed by atoms with Crippen molar-refractivity contribution < 1.29 is 4.42 Å². The Balaban J connectivity index is 1.33. The Kier molecular flexibility index (Phi) is 7.18. The van der Waals surface area contributed by atoms with Crippen LogP contribution < -0.4 is 4.90 Å². The van der Waals surface area contributed by atoms with Gasteiger partial charge in [-0.25, -0.2) is 0 Å². The van der Waals surface area contributed by atoms with E-state index < -0.39 is 0 Å². The van der Waals surface area contributed by atoms with E-state index in [0.29, 0.717) is 0 Å². The van der Waals surface area contributed by atoms with Gasteiger partial charge in [-0.3, -0.25) is 0 Å². The number of para-hydroxylation sites is 3. The maximum Gasteiger partial charge on any atom is 0.136 e. The van der Waals surface area contributed by atoms with Crippen molar-refractivity contribution in [3.63, 3.8) is 0 Å². The van der Waals surface area contributed by atoms with Gasteiger partial charge >= 0.3 is 0 Å². The molecule has 1 heterocycles. The van der Waals surface area contributed by atoms with Gasteiger partial charge < -0.3 is 9.32 Å². The topological polar surface area (TPSA) is 16.4 Å². The summed E-state index contributed by atoms with van der Waals surface area (Å²) in [5.74, 6) is 0. The standard InChI is InChI=1S/C50H33NO/c1-2-16-36(17-3-1)39-32-33-48-50(43-26-10-13-31-47(43)52-48)49(39)42-25-9-12-29-46(42)51(44-30-15-21-35-19-5-7-23-38(35)44)45-28-11-8-24-41(45)40-27-14-20-34-18-4-6-22-37(34)40/h1-33H. The highest BCUT2D eigenvalue weighted by Gasteiger charge is 2.25. The lowest BCUT2D eigenvalue weighted by Crippen LogP contribution is -2.13. The Bertz CT molecular complexity index is 2910. The van der Waals surface area contributed by atoms with Crippen LogP contribution in [0.4, 0.5) is 17.1 Å². The molecule has 0 atom stereocenters. The SMILES string of the molecule is c1ccc(-c2ccc3oc4ccccc4c3c2-c2ccccc2N(c2ccccc2-c2cccc3ccccc23)c2cccc3ccccc23)cc1. The Morgan fingerprint density at radius 1 is 0.308 bits per heavy atom. The molecule has 0 unspecified atom stereocenters. The monoisotopic (exact) mass is 663 g/mol. The van der Waals surface area contributed by atoms with Gasteiger partial charge in [0.05, 0.1) is 17.1 Å². The van der Waals surface area contributed by atoms with E-state index in [0.717, 1.165) is 66.8 Å². The molecular weight excluding hydrogens is 631 g/mol. The van der Waals surface area contributed by atoms with Gasteiger partial charge in [-0.2, -0.15) is 0 Å². The number of anilines is 3. The van der Waals surface area contributed by atoms with Crippen molar-refractivity contribution in [1.29, 1.82) is 0 Å². The number of benzene rings is 9. The van der Waals surface area contributed by atoms with Crippen molar-refractivity contribution in [2.24, 2.45) is 0 Å². The van der Waals surface area contributed by atoms with E-state index in [-0.39, 0.29) is 0 Å². The third-order valence-electron chi connectivity index (χ3n) is 10.3. The number of hydrogen-bond acceptors (Lipinski definition) is 2. The zero-order valence-electron chi connectivity index (χ0n) is 28.4. The van der Waals surface area contributed by atoms with E-state index in [4.69, 9.17) is 4.42 Å². The van der Waals surface area contributed by atoms with Crippen molar-refractivity contribution in [1.82, 2.24) is 0 Å². The van der Waals surface area contributed by atoms with E-state index in [2.05, 4.69) is 199 Å². The van der Waals surface area contributed by atoms with Crippen LogP contribution in [0.3, 0.4) is 0 Å². The first-order valence-corrected chi connectivity index (χ1v) is 17.8. The Labute approximate surface area is 302 Å². The first-order valence-electron chi connectivity index (χ1n) is 17.8. The zero-order valence-corrected chi connectivity index (χ0v) is 28.4. The molecule has 0 bridgehead atoms. The number of rotatable bonds is 6. The minimum absolute atomic E-state index is 0.874. The number of hydrogen-bond donors (Lipinski definition) is 0. The van der Waals surface area contributed by atoms with Crippen LogP contribution in [0.1, 0.15) is 0 Å². The molecule has 2 heteroatoms. The van der Waals surface area contributed by atoms with Crippen LogP contribution in [0.25, 0.3) is 76.9 Å². The molecule has 244 valence electrons. The van der Waals surface area contributed by atoms with Crippen molar-refractivity contribution >= 4 is 60.5 Å². The van der Waals surface area contributed by atoms with Crippen LogP contribution in [-0.2, 0) is 0 Å². The fraction of sp³-hybridized carbons (Fsp3) is 0. The molecule has 0 aliphatic heterocycles. The summed E-state index contributed by atoms with van der Waals surface area (Å²) in [4.78, 5) is 2.48. The summed E-state index contributed by atoms with van der Waals surface area (Å²) >= 11 is 0. The van der Waals surface area contributed by atoms with Gasteiger partial charge in [-0.15, -0.1) is 0 Å². The molecule has 10 rings (SSSR count). The van der Waals surface area contributed by atoms with E-state index in [1.54, 1.807) is 0 Å². The van der Waals surface area contributed by atoms with Gasteiger partial charge in [0.2, 0.25) is 0 Å². The van der Waals surface area contributed by atoms with E-state index >= 15 is 0 Å². The Hall–Kier alpha value is -6.90. The molecular formula is C50H33NO. The normalized spacial score (nSPS) is 11.5. The van der Waals surface area contributed by atoms with Gasteiger partial charge in [0.15, 0.2) is 0 Å². The summed E-state index contributed by atoms with van der Waals surface area (Å²) in [5.41, 5.74) is 12.0. The van der Waals surface area contributed by atoms with Crippen molar-refractivity contribution in [2.45, 2.75) is 0 Å². The number of nitrogens with zero attached hydrogens (tertiary/aromatic N) is 1. The lowest BCUT2D eigenvalue weighted by Gasteiger charge is -2.31. The highest BCUT2D eigenvalue weighted by Crippen LogP contribution is 2.51. The van der Waals surface area contributed by atoms with Crippen LogP contribution in [0.5, 0.6) is 0 Å². The maximum absolute atomic E-state index is 6.54. The molecule has 10 aromatic rings. The minimum atomic E-state index is 0.874. The van der Waals surface area contributed by atoms with Crippen LogP contribution in [0.15, 0.2) is 205 Å². The number of fused-ring (bicyclic) bond motifs is 5. The first-order chi connectivity index (χ1) is 25.8. The summed E-state index contributed by atoms with van der Waals surface area (Å²) in [6.07, 6.45) is 0. The van der Waals surface area contributed by atoms with Crippen LogP contribution in [0.2, 0.25) is 0 Å². The zero-order chi connectivity index (χ0) is 34.4. The van der Waals surface area contributed by atoms with Crippen molar-refractivity contribution in [3.05, 3.63) is 200 Å². The van der Waals surface area contributed by atoms with E-state index in [9.17, 15) is 0 Å². The Morgan fingerprint density at radius 2 is 0.846 bits per heavy atom. The fourth-order valence-electron chi connectivity index (χ4n) is 7.98. The molecule has 2 nitrogen and oxygen atoms in total. The van der Waals surface area contributed by atoms with Gasteiger partial charge in [0.25, 0.3) is 0 Å². The minimum Gasteiger partial charge on any atom is -0.456 e. The maximum atomic E-state index is 6.54. The largest absolute Gasteiger partial charge is 0.456 e. The van der Waals surface area contributed by atoms with Gasteiger partial charge in [-0.1, -0.05) is 170 Å². The van der Waals surface area contributed by atoms with Crippen LogP contribution in [0, 0.1) is 0 Å². The molecule has 52 heavy (non-hydrogen) atoms. The van der Waals surface area contributed by atoms with E-state index in [1.165, 1.54) is 27.1 Å². The smallest absolute Gasteiger partial charge is 0.136 e. The van der Waals surface area contributed by atoms with Gasteiger partial charge in [0, 0.05) is 32.8 Å². The summed E-state index contributed by atoms with van der Waals surface area (Å²) in [5, 5.41) is 7.04. The average Bonchev–Trinajstić information content (AvgIpc) is 3.60. The lowest BCUT2D eigenvalue weighted by atomic mass is 9.89. The predicted molar refractivity (Wildman–Crippen MR) is 220 cm³/mol. The van der Waals surface area contributed by atoms with Crippen molar-refractivity contribution in [3.8, 4) is 33.4 Å². The second kappa shape index (κ2) is 12.5. The molecule has 0 aliphatic carbocycles. The third-order valence-corrected chi connectivity index (χ3v) is 10.3. The number of furan rings is 1. The van der Waals surface area contributed by atoms with E-state index in [1.807, 2.05) is 6.07 Å². The summed E-state index contributed by atoms with van der Waals surface area (Å²) in [6, 6.07) is 71.8. The molecule has 0 saturated heterocycles. The highest BCUT2D eigenvalue weighted by atomic mass is 16.3. The molecule has 1 aromatic heterocycles. The molecule has 0 amide bonds. The Morgan fingerprint density at radius 3 is 1.65 bits per heavy atom. The van der Waals surface area contributed by atoms with Gasteiger partial charge in [0.1, 0.15) is 11.2 Å². The molecule has 0 radical (unpaired) electrons. The second-order valence-corrected chi connectivity index (χ2v) is 13.2. The average molecular weight is 664 g/mol. The quantitative estimate of drug-likeness (QED) is 0.176. The van der Waals surface area contributed by atoms with Crippen LogP contribution >= 0.6 is 0 Å². The van der Waals surface area contributed by atoms with Crippen molar-refractivity contribution in [2.75, 3.05) is 4.90 Å². The lowest BCUT2D eigenvalue weighted by molar-refractivity contribution is 0.669. The highest BCUT2D eigenvalue weighted by molar-refractivity contribution is 6.18. The van der Waals surface area contributed by atoms with Gasteiger partial charge in [-0.05, 0) is 63.2 Å². The molecule has 0 N–H and O–H groups in total. The summed E-state index contributed by atoms with van der Waals surface area (Å²) < 4.78 is 6.54. The second-order valence-electron chi connectivity index (χ2n) is 13.2. The summed E-state index contributed by atoms with van der Waals surface area (Å²) in [7, 11) is 0. The molecule has 0 saturated carbocycles. The van der Waals surface area contributed by atoms with Crippen LogP contribution in [-0.4, -0.2) is 0 Å². The third kappa shape index (κ3) is 4.88. The molecule has 0 fully saturated rings. The first kappa shape index (κ1) is 30.0. The molecule has 0 spiro atoms. The predicted octanol–water partition coefficient (Wildman–Crippen LogP) is 14.4. The molecule has 0 aliphatic rings. The fourth-order valence-corrected chi connectivity index (χ4v) is 7.98. The summed E-state index contributed by atoms with van der Waals surface area (Å²) in [6.45, 7) is 0. The molecule has 9 aromatic carbocycles.